The van der Waals surface area contributed by atoms with E-state index in [1.165, 1.54) is 0 Å². The summed E-state index contributed by atoms with van der Waals surface area (Å²) in [6.45, 7) is 0.635. The molecule has 0 aliphatic carbocycles. The zero-order chi connectivity index (χ0) is 14.7. The number of aromatic nitrogens is 2. The van der Waals surface area contributed by atoms with E-state index in [4.69, 9.17) is 16.3 Å². The molecule has 0 atom stereocenters. The molecule has 3 rings (SSSR count). The predicted molar refractivity (Wildman–Crippen MR) is 84.8 cm³/mol. The summed E-state index contributed by atoms with van der Waals surface area (Å²) in [4.78, 5) is 0. The van der Waals surface area contributed by atoms with Gasteiger partial charge in [0.2, 0.25) is 0 Å². The Bertz CT molecular complexity index is 720. The highest BCUT2D eigenvalue weighted by atomic mass is 35.5. The number of methoxy groups -OCH3 is 1. The maximum absolute atomic E-state index is 6.28. The van der Waals surface area contributed by atoms with Crippen LogP contribution in [0.1, 0.15) is 5.56 Å². The summed E-state index contributed by atoms with van der Waals surface area (Å²) in [5, 5.41) is 5.20. The summed E-state index contributed by atoms with van der Waals surface area (Å²) in [5.74, 6) is 0.843. The van der Waals surface area contributed by atoms with Crippen LogP contribution >= 0.6 is 11.6 Å². The standard InChI is InChI=1S/C17H15ClN2O/c1-21-15-9-7-13(8-10-15)12-20-17(18)11-16(19-20)14-5-3-2-4-6-14/h2-11H,12H2,1H3. The van der Waals surface area contributed by atoms with E-state index in [2.05, 4.69) is 5.10 Å². The molecule has 3 aromatic rings. The van der Waals surface area contributed by atoms with Crippen LogP contribution < -0.4 is 4.74 Å². The van der Waals surface area contributed by atoms with Crippen LogP contribution in [0.2, 0.25) is 5.15 Å². The summed E-state index contributed by atoms with van der Waals surface area (Å²) in [6, 6.07) is 19.8. The van der Waals surface area contributed by atoms with Gasteiger partial charge in [0.25, 0.3) is 0 Å². The fraction of sp³-hybridized carbons (Fsp3) is 0.118. The van der Waals surface area contributed by atoms with Gasteiger partial charge in [-0.05, 0) is 17.7 Å². The summed E-state index contributed by atoms with van der Waals surface area (Å²) < 4.78 is 6.95. The van der Waals surface area contributed by atoms with Crippen LogP contribution in [0.4, 0.5) is 0 Å². The Balaban J connectivity index is 1.84. The molecule has 0 fully saturated rings. The quantitative estimate of drug-likeness (QED) is 0.719. The molecule has 1 heterocycles. The average Bonchev–Trinajstić information content (AvgIpc) is 2.90. The van der Waals surface area contributed by atoms with Crippen LogP contribution in [0.3, 0.4) is 0 Å². The molecule has 4 heteroatoms. The van der Waals surface area contributed by atoms with Crippen LogP contribution in [0.25, 0.3) is 11.3 Å². The largest absolute Gasteiger partial charge is 0.497 e. The third-order valence-electron chi connectivity index (χ3n) is 3.29. The van der Waals surface area contributed by atoms with E-state index in [1.54, 1.807) is 11.8 Å². The molecule has 0 unspecified atom stereocenters. The van der Waals surface area contributed by atoms with Gasteiger partial charge in [0, 0.05) is 11.6 Å². The lowest BCUT2D eigenvalue weighted by atomic mass is 10.2. The van der Waals surface area contributed by atoms with Gasteiger partial charge in [-0.15, -0.1) is 0 Å². The van der Waals surface area contributed by atoms with Crippen LogP contribution in [0.5, 0.6) is 5.75 Å². The first-order chi connectivity index (χ1) is 10.3. The number of rotatable bonds is 4. The van der Waals surface area contributed by atoms with E-state index in [0.29, 0.717) is 11.7 Å². The van der Waals surface area contributed by atoms with Gasteiger partial charge in [-0.1, -0.05) is 54.1 Å². The minimum atomic E-state index is 0.629. The third-order valence-corrected chi connectivity index (χ3v) is 3.60. The number of halogens is 1. The van der Waals surface area contributed by atoms with Gasteiger partial charge in [-0.2, -0.15) is 5.10 Å². The van der Waals surface area contributed by atoms with Gasteiger partial charge < -0.3 is 4.74 Å². The number of benzene rings is 2. The first kappa shape index (κ1) is 13.7. The molecule has 0 aliphatic heterocycles. The Morgan fingerprint density at radius 3 is 2.43 bits per heavy atom. The highest BCUT2D eigenvalue weighted by Crippen LogP contribution is 2.22. The number of nitrogens with zero attached hydrogens (tertiary/aromatic N) is 2. The lowest BCUT2D eigenvalue weighted by molar-refractivity contribution is 0.414. The van der Waals surface area contributed by atoms with E-state index >= 15 is 0 Å². The van der Waals surface area contributed by atoms with Crippen LogP contribution in [0.15, 0.2) is 60.7 Å². The Labute approximate surface area is 128 Å². The molecule has 1 aromatic heterocycles. The Kier molecular flexibility index (Phi) is 3.93. The maximum atomic E-state index is 6.28. The van der Waals surface area contributed by atoms with Crippen molar-refractivity contribution < 1.29 is 4.74 Å². The molecule has 0 spiro atoms. The van der Waals surface area contributed by atoms with Crippen molar-refractivity contribution in [2.45, 2.75) is 6.54 Å². The average molecular weight is 299 g/mol. The van der Waals surface area contributed by atoms with E-state index in [1.807, 2.05) is 60.7 Å². The summed E-state index contributed by atoms with van der Waals surface area (Å²) in [7, 11) is 1.66. The fourth-order valence-corrected chi connectivity index (χ4v) is 2.36. The van der Waals surface area contributed by atoms with E-state index in [0.717, 1.165) is 22.6 Å². The van der Waals surface area contributed by atoms with Crippen LogP contribution in [-0.2, 0) is 6.54 Å². The van der Waals surface area contributed by atoms with Gasteiger partial charge in [0.15, 0.2) is 0 Å². The summed E-state index contributed by atoms with van der Waals surface area (Å²) in [5.41, 5.74) is 3.07. The minimum Gasteiger partial charge on any atom is -0.497 e. The van der Waals surface area contributed by atoms with Crippen molar-refractivity contribution in [2.24, 2.45) is 0 Å². The molecular formula is C17H15ClN2O. The van der Waals surface area contributed by atoms with Crippen molar-refractivity contribution in [2.75, 3.05) is 7.11 Å². The van der Waals surface area contributed by atoms with Crippen molar-refractivity contribution >= 4 is 11.6 Å². The van der Waals surface area contributed by atoms with E-state index in [-0.39, 0.29) is 0 Å². The molecule has 0 saturated heterocycles. The molecule has 0 saturated carbocycles. The molecule has 0 N–H and O–H groups in total. The SMILES string of the molecule is COc1ccc(Cn2nc(-c3ccccc3)cc2Cl)cc1. The monoisotopic (exact) mass is 298 g/mol. The van der Waals surface area contributed by atoms with Crippen LogP contribution in [0, 0.1) is 0 Å². The maximum Gasteiger partial charge on any atom is 0.128 e. The van der Waals surface area contributed by atoms with Crippen molar-refractivity contribution in [1.82, 2.24) is 9.78 Å². The van der Waals surface area contributed by atoms with Crippen molar-refractivity contribution in [3.8, 4) is 17.0 Å². The minimum absolute atomic E-state index is 0.629. The second kappa shape index (κ2) is 6.02. The molecule has 21 heavy (non-hydrogen) atoms. The smallest absolute Gasteiger partial charge is 0.128 e. The first-order valence-corrected chi connectivity index (χ1v) is 7.06. The predicted octanol–water partition coefficient (Wildman–Crippen LogP) is 4.26. The molecule has 3 nitrogen and oxygen atoms in total. The zero-order valence-electron chi connectivity index (χ0n) is 11.7. The second-order valence-electron chi connectivity index (χ2n) is 4.72. The second-order valence-corrected chi connectivity index (χ2v) is 5.11. The molecule has 0 amide bonds. The molecular weight excluding hydrogens is 284 g/mol. The van der Waals surface area contributed by atoms with Crippen molar-refractivity contribution in [3.05, 3.63) is 71.4 Å². The Morgan fingerprint density at radius 1 is 1.05 bits per heavy atom. The summed E-state index contributed by atoms with van der Waals surface area (Å²) in [6.07, 6.45) is 0. The highest BCUT2D eigenvalue weighted by Gasteiger charge is 2.08. The van der Waals surface area contributed by atoms with Crippen molar-refractivity contribution in [3.63, 3.8) is 0 Å². The fourth-order valence-electron chi connectivity index (χ4n) is 2.16. The third kappa shape index (κ3) is 3.09. The first-order valence-electron chi connectivity index (χ1n) is 6.68. The van der Waals surface area contributed by atoms with Crippen molar-refractivity contribution in [1.29, 1.82) is 0 Å². The van der Waals surface area contributed by atoms with Gasteiger partial charge in [-0.3, -0.25) is 0 Å². The molecule has 2 aromatic carbocycles. The lowest BCUT2D eigenvalue weighted by Crippen LogP contribution is -2.02. The van der Waals surface area contributed by atoms with Gasteiger partial charge >= 0.3 is 0 Å². The molecule has 0 bridgehead atoms. The Morgan fingerprint density at radius 2 is 1.76 bits per heavy atom. The molecule has 106 valence electrons. The number of ether oxygens (including phenoxy) is 1. The van der Waals surface area contributed by atoms with E-state index < -0.39 is 0 Å². The highest BCUT2D eigenvalue weighted by molar-refractivity contribution is 6.29. The molecule has 0 radical (unpaired) electrons. The van der Waals surface area contributed by atoms with Gasteiger partial charge in [0.05, 0.1) is 19.3 Å². The Hall–Kier alpha value is -2.26. The number of hydrogen-bond donors (Lipinski definition) is 0. The zero-order valence-corrected chi connectivity index (χ0v) is 12.4. The van der Waals surface area contributed by atoms with Crippen LogP contribution in [-0.4, -0.2) is 16.9 Å². The summed E-state index contributed by atoms with van der Waals surface area (Å²) >= 11 is 6.28. The topological polar surface area (TPSA) is 27.1 Å². The van der Waals surface area contributed by atoms with Gasteiger partial charge in [-0.25, -0.2) is 4.68 Å². The van der Waals surface area contributed by atoms with E-state index in [9.17, 15) is 0 Å². The van der Waals surface area contributed by atoms with Gasteiger partial charge in [0.1, 0.15) is 10.9 Å². The molecule has 0 aliphatic rings. The number of hydrogen-bond acceptors (Lipinski definition) is 2. The lowest BCUT2D eigenvalue weighted by Gasteiger charge is -2.05. The normalized spacial score (nSPS) is 10.6.